The van der Waals surface area contributed by atoms with E-state index in [2.05, 4.69) is 15.5 Å². The third kappa shape index (κ3) is 4.57. The highest BCUT2D eigenvalue weighted by Crippen LogP contribution is 2.33. The van der Waals surface area contributed by atoms with E-state index in [1.165, 1.54) is 0 Å². The zero-order valence-corrected chi connectivity index (χ0v) is 17.2. The molecule has 0 bridgehead atoms. The van der Waals surface area contributed by atoms with Gasteiger partial charge >= 0.3 is 6.03 Å². The van der Waals surface area contributed by atoms with Crippen molar-refractivity contribution in [3.8, 4) is 5.75 Å². The molecule has 2 heterocycles. The summed E-state index contributed by atoms with van der Waals surface area (Å²) in [4.78, 5) is 26.3. The maximum absolute atomic E-state index is 12.8. The minimum Gasteiger partial charge on any atom is -0.497 e. The van der Waals surface area contributed by atoms with E-state index in [1.54, 1.807) is 7.11 Å². The number of thioether (sulfide) groups is 1. The minimum atomic E-state index is -0.0333. The summed E-state index contributed by atoms with van der Waals surface area (Å²) in [5.74, 6) is 2.10. The summed E-state index contributed by atoms with van der Waals surface area (Å²) < 4.78 is 5.21. The monoisotopic (exact) mass is 403 g/mol. The topological polar surface area (TPSA) is 70.7 Å². The Morgan fingerprint density at radius 1 is 1.21 bits per heavy atom. The number of amides is 3. The van der Waals surface area contributed by atoms with Crippen molar-refractivity contribution in [2.45, 2.75) is 68.4 Å². The Hall–Kier alpha value is -1.89. The van der Waals surface area contributed by atoms with E-state index in [4.69, 9.17) is 4.74 Å². The smallest absolute Gasteiger partial charge is 0.315 e. The first-order chi connectivity index (χ1) is 13.6. The fourth-order valence-electron chi connectivity index (χ4n) is 4.14. The third-order valence-electron chi connectivity index (χ3n) is 5.89. The van der Waals surface area contributed by atoms with Crippen LogP contribution < -0.4 is 15.4 Å². The predicted molar refractivity (Wildman–Crippen MR) is 111 cm³/mol. The molecule has 28 heavy (non-hydrogen) atoms. The van der Waals surface area contributed by atoms with Gasteiger partial charge in [0.25, 0.3) is 0 Å². The van der Waals surface area contributed by atoms with Crippen molar-refractivity contribution in [2.75, 3.05) is 12.9 Å². The van der Waals surface area contributed by atoms with Crippen molar-refractivity contribution in [1.82, 2.24) is 15.5 Å². The van der Waals surface area contributed by atoms with Crippen LogP contribution in [0.2, 0.25) is 0 Å². The molecule has 0 aromatic heterocycles. The fourth-order valence-corrected chi connectivity index (χ4v) is 5.69. The minimum absolute atomic E-state index is 0.0333. The molecular formula is C21H29N3O3S. The van der Waals surface area contributed by atoms with Gasteiger partial charge in [-0.1, -0.05) is 18.6 Å². The van der Waals surface area contributed by atoms with E-state index in [1.807, 2.05) is 36.0 Å². The van der Waals surface area contributed by atoms with Crippen LogP contribution in [0.25, 0.3) is 0 Å². The van der Waals surface area contributed by atoms with Gasteiger partial charge < -0.3 is 20.3 Å². The molecule has 2 saturated heterocycles. The van der Waals surface area contributed by atoms with Crippen LogP contribution in [0.1, 0.15) is 44.1 Å². The van der Waals surface area contributed by atoms with Crippen LogP contribution in [0.3, 0.4) is 0 Å². The number of ether oxygens (including phenoxy) is 1. The molecule has 3 amide bonds. The highest BCUT2D eigenvalue weighted by Gasteiger charge is 2.42. The van der Waals surface area contributed by atoms with Crippen molar-refractivity contribution in [3.05, 3.63) is 29.8 Å². The molecular weight excluding hydrogens is 374 g/mol. The number of fused-ring (bicyclic) bond motifs is 1. The lowest BCUT2D eigenvalue weighted by atomic mass is 10.0. The van der Waals surface area contributed by atoms with Gasteiger partial charge in [0, 0.05) is 30.0 Å². The zero-order valence-electron chi connectivity index (χ0n) is 16.4. The Morgan fingerprint density at radius 2 is 2.00 bits per heavy atom. The van der Waals surface area contributed by atoms with E-state index in [0.717, 1.165) is 49.2 Å². The second kappa shape index (κ2) is 8.64. The van der Waals surface area contributed by atoms with Crippen molar-refractivity contribution < 1.29 is 14.3 Å². The van der Waals surface area contributed by atoms with Crippen molar-refractivity contribution in [2.24, 2.45) is 0 Å². The second-order valence-corrected chi connectivity index (χ2v) is 9.24. The Bertz CT molecular complexity index is 707. The number of nitrogens with zero attached hydrogens (tertiary/aromatic N) is 1. The molecule has 1 aromatic rings. The number of carbonyl (C=O) groups is 2. The van der Waals surface area contributed by atoms with Crippen molar-refractivity contribution >= 4 is 23.7 Å². The van der Waals surface area contributed by atoms with E-state index >= 15 is 0 Å². The van der Waals surface area contributed by atoms with E-state index < -0.39 is 0 Å². The van der Waals surface area contributed by atoms with Gasteiger partial charge in [-0.3, -0.25) is 4.79 Å². The standard InChI is InChI=1S/C21H29N3O3S/c1-27-16-10-6-14(7-11-16)12-24(15-8-9-15)19(25)5-3-2-4-18-20-17(13-28-18)22-21(26)23-20/h6-7,10-11,15,17-18,20H,2-5,8-9,12-13H2,1H3,(H2,22,23,26)/t17-,18-,20-/m0/s1. The van der Waals surface area contributed by atoms with Crippen LogP contribution in [-0.4, -0.2) is 53.1 Å². The van der Waals surface area contributed by atoms with Crippen molar-refractivity contribution in [3.63, 3.8) is 0 Å². The largest absolute Gasteiger partial charge is 0.497 e. The summed E-state index contributed by atoms with van der Waals surface area (Å²) >= 11 is 1.94. The molecule has 6 nitrogen and oxygen atoms in total. The first-order valence-corrected chi connectivity index (χ1v) is 11.3. The average Bonchev–Trinajstić information content (AvgIpc) is 3.38. The quantitative estimate of drug-likeness (QED) is 0.491. The summed E-state index contributed by atoms with van der Waals surface area (Å²) in [6.07, 6.45) is 5.86. The number of benzene rings is 1. The average molecular weight is 404 g/mol. The molecule has 3 fully saturated rings. The van der Waals surface area contributed by atoms with Crippen LogP contribution in [0.15, 0.2) is 24.3 Å². The van der Waals surface area contributed by atoms with Crippen LogP contribution in [-0.2, 0) is 11.3 Å². The molecule has 7 heteroatoms. The molecule has 3 aliphatic rings. The molecule has 1 saturated carbocycles. The summed E-state index contributed by atoms with van der Waals surface area (Å²) in [6.45, 7) is 0.688. The van der Waals surface area contributed by atoms with Gasteiger partial charge in [0.2, 0.25) is 5.91 Å². The zero-order chi connectivity index (χ0) is 19.5. The molecule has 0 spiro atoms. The molecule has 2 aliphatic heterocycles. The first-order valence-electron chi connectivity index (χ1n) is 10.2. The molecule has 4 rings (SSSR count). The Balaban J connectivity index is 1.22. The SMILES string of the molecule is COc1ccc(CN(C(=O)CCCC[C@@H]2SC[C@@H]3NC(=O)N[C@@H]32)C2CC2)cc1. The van der Waals surface area contributed by atoms with Crippen LogP contribution in [0.4, 0.5) is 4.79 Å². The lowest BCUT2D eigenvalue weighted by molar-refractivity contribution is -0.132. The molecule has 0 radical (unpaired) electrons. The molecule has 2 N–H and O–H groups in total. The van der Waals surface area contributed by atoms with Gasteiger partial charge in [-0.15, -0.1) is 0 Å². The maximum atomic E-state index is 12.8. The summed E-state index contributed by atoms with van der Waals surface area (Å²) in [5.41, 5.74) is 1.15. The van der Waals surface area contributed by atoms with Crippen LogP contribution >= 0.6 is 11.8 Å². The number of methoxy groups -OCH3 is 1. The molecule has 152 valence electrons. The van der Waals surface area contributed by atoms with Crippen LogP contribution in [0.5, 0.6) is 5.75 Å². The third-order valence-corrected chi connectivity index (χ3v) is 7.40. The van der Waals surface area contributed by atoms with Gasteiger partial charge in [0.05, 0.1) is 19.2 Å². The predicted octanol–water partition coefficient (Wildman–Crippen LogP) is 2.91. The van der Waals surface area contributed by atoms with Gasteiger partial charge in [-0.05, 0) is 43.4 Å². The summed E-state index contributed by atoms with van der Waals surface area (Å²) in [7, 11) is 1.66. The Labute approximate surface area is 170 Å². The lowest BCUT2D eigenvalue weighted by Crippen LogP contribution is -2.36. The maximum Gasteiger partial charge on any atom is 0.315 e. The van der Waals surface area contributed by atoms with E-state index in [9.17, 15) is 9.59 Å². The first kappa shape index (κ1) is 19.4. The number of hydrogen-bond acceptors (Lipinski definition) is 4. The molecule has 0 unspecified atom stereocenters. The Kier molecular flexibility index (Phi) is 5.99. The molecule has 1 aliphatic carbocycles. The van der Waals surface area contributed by atoms with Gasteiger partial charge in [-0.25, -0.2) is 4.79 Å². The van der Waals surface area contributed by atoms with Crippen molar-refractivity contribution in [1.29, 1.82) is 0 Å². The summed E-state index contributed by atoms with van der Waals surface area (Å²) in [5, 5.41) is 6.49. The van der Waals surface area contributed by atoms with Gasteiger partial charge in [-0.2, -0.15) is 11.8 Å². The van der Waals surface area contributed by atoms with E-state index in [0.29, 0.717) is 24.3 Å². The number of nitrogens with one attached hydrogen (secondary N) is 2. The van der Waals surface area contributed by atoms with Gasteiger partial charge in [0.1, 0.15) is 5.75 Å². The number of unbranched alkanes of at least 4 members (excludes halogenated alkanes) is 1. The highest BCUT2D eigenvalue weighted by atomic mass is 32.2. The fraction of sp³-hybridized carbons (Fsp3) is 0.619. The lowest BCUT2D eigenvalue weighted by Gasteiger charge is -2.23. The summed E-state index contributed by atoms with van der Waals surface area (Å²) in [6, 6.07) is 8.90. The highest BCUT2D eigenvalue weighted by molar-refractivity contribution is 8.00. The molecule has 3 atom stereocenters. The number of rotatable bonds is 9. The molecule has 1 aromatic carbocycles. The number of hydrogen-bond donors (Lipinski definition) is 2. The Morgan fingerprint density at radius 3 is 2.71 bits per heavy atom. The van der Waals surface area contributed by atoms with E-state index in [-0.39, 0.29) is 24.0 Å². The van der Waals surface area contributed by atoms with Gasteiger partial charge in [0.15, 0.2) is 0 Å². The second-order valence-electron chi connectivity index (χ2n) is 7.97. The number of urea groups is 1. The normalized spacial score (nSPS) is 25.8. The van der Waals surface area contributed by atoms with Crippen LogP contribution in [0, 0.1) is 0 Å². The number of carbonyl (C=O) groups excluding carboxylic acids is 2.